The second-order valence-electron chi connectivity index (χ2n) is 10.5. The first-order valence-electron chi connectivity index (χ1n) is 13.2. The summed E-state index contributed by atoms with van der Waals surface area (Å²) >= 11 is 3.24. The number of carbonyl (C=O) groups excluding carboxylic acids is 1. The number of halogens is 4. The number of hydrogen-bond acceptors (Lipinski definition) is 5. The number of carbonyl (C=O) groups is 1. The number of hydrogen-bond donors (Lipinski definition) is 2. The maximum Gasteiger partial charge on any atom is 0.288 e. The molecule has 2 aliphatic rings. The number of amides is 1. The molecule has 3 N–H and O–H groups in total. The van der Waals surface area contributed by atoms with Crippen LogP contribution in [-0.2, 0) is 32.2 Å². The Morgan fingerprint density at radius 3 is 2.32 bits per heavy atom. The summed E-state index contributed by atoms with van der Waals surface area (Å²) in [6.45, 7) is -0.528. The third-order valence-electron chi connectivity index (χ3n) is 7.73. The molecule has 41 heavy (non-hydrogen) atoms. The van der Waals surface area contributed by atoms with Crippen molar-refractivity contribution in [3.63, 3.8) is 0 Å². The van der Waals surface area contributed by atoms with E-state index < -0.39 is 45.8 Å². The molecule has 0 saturated carbocycles. The van der Waals surface area contributed by atoms with Crippen LogP contribution in [0.25, 0.3) is 0 Å². The van der Waals surface area contributed by atoms with Crippen LogP contribution >= 0.6 is 15.9 Å². The first-order valence-corrected chi connectivity index (χ1v) is 15.4. The van der Waals surface area contributed by atoms with E-state index in [-0.39, 0.29) is 34.1 Å². The summed E-state index contributed by atoms with van der Waals surface area (Å²) in [6.07, 6.45) is 2.31. The molecule has 0 radical (unpaired) electrons. The van der Waals surface area contributed by atoms with Crippen molar-refractivity contribution >= 4 is 31.9 Å². The molecule has 0 aliphatic carbocycles. The number of piperidine rings is 1. The van der Waals surface area contributed by atoms with Crippen LogP contribution < -0.4 is 10.6 Å². The fourth-order valence-electron chi connectivity index (χ4n) is 5.85. The molecule has 1 amide bonds. The van der Waals surface area contributed by atoms with Gasteiger partial charge < -0.3 is 10.6 Å². The van der Waals surface area contributed by atoms with Gasteiger partial charge in [-0.05, 0) is 73.2 Å². The molecule has 3 aromatic carbocycles. The third-order valence-corrected chi connectivity index (χ3v) is 9.49. The number of fused-ring (bicyclic) bond motifs is 2. The van der Waals surface area contributed by atoms with Crippen LogP contribution in [0, 0.1) is 5.82 Å². The van der Waals surface area contributed by atoms with Crippen molar-refractivity contribution < 1.29 is 31.2 Å². The van der Waals surface area contributed by atoms with Gasteiger partial charge in [-0.2, -0.15) is 0 Å². The number of nitrogens with two attached hydrogens (primary N) is 1. The van der Waals surface area contributed by atoms with Gasteiger partial charge in [0.1, 0.15) is 11.7 Å². The Morgan fingerprint density at radius 2 is 1.68 bits per heavy atom. The summed E-state index contributed by atoms with van der Waals surface area (Å²) in [4.78, 5) is 22.8. The zero-order valence-electron chi connectivity index (χ0n) is 21.9. The SMILES string of the molecule is NC1C[C@@H]2CC[C@@H](C1)N2C(=O)[C@H](c1cc(F)ccc1CONS(=O)(=O)c1ccccc1)C(F)(F)c1ccc(Br)cc1. The molecular formula is C29H29BrF3N3O4S. The standard InChI is InChI=1S/C29H29BrF3N3O4S/c30-20-9-7-19(8-10-20)29(32,33)27(28(37)36-23-12-13-24(36)16-22(34)15-23)26-14-21(31)11-6-18(26)17-40-35-41(38,39)25-4-2-1-3-5-25/h1-11,14,22-24,27,35H,12-13,15-17,34H2/t23-,24-,27-/m0/s1. The third kappa shape index (κ3) is 6.21. The Bertz CT molecular complexity index is 1500. The van der Waals surface area contributed by atoms with Crippen molar-refractivity contribution in [2.45, 2.75) is 67.2 Å². The fraction of sp³-hybridized carbons (Fsp3) is 0.345. The minimum Gasteiger partial charge on any atom is -0.336 e. The molecule has 2 bridgehead atoms. The second-order valence-corrected chi connectivity index (χ2v) is 13.0. The maximum absolute atomic E-state index is 16.5. The van der Waals surface area contributed by atoms with Gasteiger partial charge in [-0.3, -0.25) is 9.63 Å². The number of rotatable bonds is 9. The Morgan fingerprint density at radius 1 is 1.05 bits per heavy atom. The van der Waals surface area contributed by atoms with Gasteiger partial charge in [0.15, 0.2) is 0 Å². The van der Waals surface area contributed by atoms with Gasteiger partial charge in [-0.15, -0.1) is 0 Å². The highest BCUT2D eigenvalue weighted by Crippen LogP contribution is 2.47. The van der Waals surface area contributed by atoms with E-state index in [0.29, 0.717) is 30.2 Å². The van der Waals surface area contributed by atoms with Crippen molar-refractivity contribution in [3.05, 3.63) is 99.8 Å². The Labute approximate surface area is 245 Å². The van der Waals surface area contributed by atoms with Gasteiger partial charge >= 0.3 is 0 Å². The molecule has 2 heterocycles. The second kappa shape index (κ2) is 11.8. The van der Waals surface area contributed by atoms with Crippen molar-refractivity contribution in [2.75, 3.05) is 0 Å². The summed E-state index contributed by atoms with van der Waals surface area (Å²) in [6, 6.07) is 15.2. The Balaban J connectivity index is 1.52. The fourth-order valence-corrected chi connectivity index (χ4v) is 6.94. The van der Waals surface area contributed by atoms with E-state index in [1.165, 1.54) is 59.5 Å². The Kier molecular flexibility index (Phi) is 8.58. The molecular weight excluding hydrogens is 623 g/mol. The lowest BCUT2D eigenvalue weighted by Gasteiger charge is -2.41. The van der Waals surface area contributed by atoms with E-state index >= 15 is 8.78 Å². The predicted molar refractivity (Wildman–Crippen MR) is 150 cm³/mol. The summed E-state index contributed by atoms with van der Waals surface area (Å²) in [5.41, 5.74) is 5.50. The quantitative estimate of drug-likeness (QED) is 0.304. The molecule has 0 unspecified atom stereocenters. The number of nitrogens with one attached hydrogen (secondary N) is 1. The van der Waals surface area contributed by atoms with Crippen molar-refractivity contribution in [3.8, 4) is 0 Å². The lowest BCUT2D eigenvalue weighted by atomic mass is 9.83. The smallest absolute Gasteiger partial charge is 0.288 e. The number of nitrogens with zero attached hydrogens (tertiary/aromatic N) is 1. The van der Waals surface area contributed by atoms with E-state index in [4.69, 9.17) is 10.6 Å². The van der Waals surface area contributed by atoms with E-state index in [2.05, 4.69) is 15.9 Å². The minimum absolute atomic E-state index is 0.0401. The van der Waals surface area contributed by atoms with Crippen LogP contribution in [0.1, 0.15) is 48.3 Å². The number of sulfonamides is 1. The first kappa shape index (κ1) is 29.7. The van der Waals surface area contributed by atoms with E-state index in [9.17, 15) is 17.6 Å². The zero-order valence-corrected chi connectivity index (χ0v) is 24.3. The highest BCUT2D eigenvalue weighted by atomic mass is 79.9. The molecule has 3 atom stereocenters. The molecule has 3 aromatic rings. The molecule has 0 spiro atoms. The molecule has 12 heteroatoms. The number of benzene rings is 3. The molecule has 7 nitrogen and oxygen atoms in total. The van der Waals surface area contributed by atoms with Gasteiger partial charge in [0.25, 0.3) is 15.9 Å². The predicted octanol–water partition coefficient (Wildman–Crippen LogP) is 5.35. The van der Waals surface area contributed by atoms with Crippen LogP contribution in [0.15, 0.2) is 82.2 Å². The molecule has 5 rings (SSSR count). The van der Waals surface area contributed by atoms with Crippen molar-refractivity contribution in [1.29, 1.82) is 0 Å². The van der Waals surface area contributed by atoms with Crippen LogP contribution in [0.2, 0.25) is 0 Å². The largest absolute Gasteiger partial charge is 0.336 e. The van der Waals surface area contributed by atoms with Gasteiger partial charge in [0, 0.05) is 28.2 Å². The summed E-state index contributed by atoms with van der Waals surface area (Å²) in [5, 5.41) is 0. The van der Waals surface area contributed by atoms with Gasteiger partial charge in [0.05, 0.1) is 11.5 Å². The van der Waals surface area contributed by atoms with Gasteiger partial charge in [-0.25, -0.2) is 21.6 Å². The molecule has 218 valence electrons. The number of alkyl halides is 2. The highest BCUT2D eigenvalue weighted by molar-refractivity contribution is 9.10. The van der Waals surface area contributed by atoms with Crippen LogP contribution in [0.5, 0.6) is 0 Å². The van der Waals surface area contributed by atoms with E-state index in [0.717, 1.165) is 12.1 Å². The molecule has 0 aromatic heterocycles. The minimum atomic E-state index is -4.08. The lowest BCUT2D eigenvalue weighted by Crippen LogP contribution is -2.53. The van der Waals surface area contributed by atoms with Gasteiger partial charge in [-0.1, -0.05) is 57.2 Å². The summed E-state index contributed by atoms with van der Waals surface area (Å²) in [7, 11) is -4.08. The average Bonchev–Trinajstić information content (AvgIpc) is 3.21. The average molecular weight is 653 g/mol. The summed E-state index contributed by atoms with van der Waals surface area (Å²) < 4.78 is 73.4. The van der Waals surface area contributed by atoms with Crippen LogP contribution in [0.4, 0.5) is 13.2 Å². The van der Waals surface area contributed by atoms with Crippen molar-refractivity contribution in [1.82, 2.24) is 9.79 Å². The highest BCUT2D eigenvalue weighted by Gasteiger charge is 2.53. The maximum atomic E-state index is 16.5. The zero-order chi connectivity index (χ0) is 29.4. The monoisotopic (exact) mass is 651 g/mol. The molecule has 2 saturated heterocycles. The normalized spacial score (nSPS) is 21.6. The van der Waals surface area contributed by atoms with E-state index in [1.807, 2.05) is 4.89 Å². The van der Waals surface area contributed by atoms with E-state index in [1.54, 1.807) is 6.07 Å². The van der Waals surface area contributed by atoms with Crippen molar-refractivity contribution in [2.24, 2.45) is 5.73 Å². The summed E-state index contributed by atoms with van der Waals surface area (Å²) in [5.74, 6) is -7.49. The lowest BCUT2D eigenvalue weighted by molar-refractivity contribution is -0.148. The first-order chi connectivity index (χ1) is 19.5. The van der Waals surface area contributed by atoms with Crippen LogP contribution in [0.3, 0.4) is 0 Å². The van der Waals surface area contributed by atoms with Gasteiger partial charge in [0.2, 0.25) is 5.91 Å². The molecule has 2 aliphatic heterocycles. The topological polar surface area (TPSA) is 102 Å². The van der Waals surface area contributed by atoms with Crippen LogP contribution in [-0.4, -0.2) is 37.4 Å². The molecule has 2 fully saturated rings. The Hall–Kier alpha value is -2.77.